The molecule has 2 aromatic carbocycles. The number of fused-ring (bicyclic) bond motifs is 1. The molecule has 0 saturated heterocycles. The molecule has 3 rings (SSSR count). The van der Waals surface area contributed by atoms with Gasteiger partial charge in [0.2, 0.25) is 0 Å². The van der Waals surface area contributed by atoms with Gasteiger partial charge in [-0.3, -0.25) is 9.36 Å². The predicted octanol–water partition coefficient (Wildman–Crippen LogP) is 3.71. The summed E-state index contributed by atoms with van der Waals surface area (Å²) in [5.74, 6) is 0.460. The zero-order chi connectivity index (χ0) is 15.9. The molecule has 112 valence electrons. The van der Waals surface area contributed by atoms with Crippen LogP contribution in [-0.2, 0) is 0 Å². The molecule has 0 amide bonds. The number of nitrogens with zero attached hydrogens (tertiary/aromatic N) is 2. The minimum absolute atomic E-state index is 0.259. The van der Waals surface area contributed by atoms with E-state index in [1.807, 2.05) is 0 Å². The quantitative estimate of drug-likeness (QED) is 0.777. The number of aromatic nitrogens is 2. The standard InChI is InChI=1S/C16H13Cl2N3O/c1-9(19)15-20-13-7-3-6-12(18)14(13)16(22)21(15)11-5-2-4-10(17)8-11/h2-9H,19H2,1H3. The van der Waals surface area contributed by atoms with Crippen LogP contribution in [0.3, 0.4) is 0 Å². The fourth-order valence-corrected chi connectivity index (χ4v) is 2.81. The molecule has 0 fully saturated rings. The third-order valence-corrected chi connectivity index (χ3v) is 3.90. The highest BCUT2D eigenvalue weighted by atomic mass is 35.5. The summed E-state index contributed by atoms with van der Waals surface area (Å²) in [4.78, 5) is 17.4. The van der Waals surface area contributed by atoms with Gasteiger partial charge in [0.05, 0.1) is 27.7 Å². The Bertz CT molecular complexity index is 919. The van der Waals surface area contributed by atoms with E-state index in [1.165, 1.54) is 4.57 Å². The highest BCUT2D eigenvalue weighted by molar-refractivity contribution is 6.35. The largest absolute Gasteiger partial charge is 0.322 e. The Balaban J connectivity index is 2.46. The molecule has 0 bridgehead atoms. The molecule has 0 aliphatic heterocycles. The van der Waals surface area contributed by atoms with Crippen LogP contribution in [0.15, 0.2) is 47.3 Å². The van der Waals surface area contributed by atoms with E-state index in [1.54, 1.807) is 49.4 Å². The van der Waals surface area contributed by atoms with Crippen LogP contribution in [0.2, 0.25) is 10.0 Å². The third kappa shape index (κ3) is 2.50. The molecule has 3 aromatic rings. The van der Waals surface area contributed by atoms with Gasteiger partial charge in [0.15, 0.2) is 0 Å². The molecule has 1 heterocycles. The zero-order valence-corrected chi connectivity index (χ0v) is 13.3. The number of hydrogen-bond acceptors (Lipinski definition) is 3. The van der Waals surface area contributed by atoms with Gasteiger partial charge in [-0.25, -0.2) is 4.98 Å². The Morgan fingerprint density at radius 3 is 2.59 bits per heavy atom. The van der Waals surface area contributed by atoms with Crippen molar-refractivity contribution in [2.24, 2.45) is 5.73 Å². The zero-order valence-electron chi connectivity index (χ0n) is 11.8. The Labute approximate surface area is 137 Å². The smallest absolute Gasteiger partial charge is 0.267 e. The molecule has 0 saturated carbocycles. The lowest BCUT2D eigenvalue weighted by atomic mass is 10.2. The van der Waals surface area contributed by atoms with Gasteiger partial charge in [-0.2, -0.15) is 0 Å². The van der Waals surface area contributed by atoms with E-state index < -0.39 is 6.04 Å². The van der Waals surface area contributed by atoms with Crippen molar-refractivity contribution in [3.63, 3.8) is 0 Å². The molecule has 1 unspecified atom stereocenters. The maximum Gasteiger partial charge on any atom is 0.267 e. The van der Waals surface area contributed by atoms with Gasteiger partial charge >= 0.3 is 0 Å². The average Bonchev–Trinajstić information content (AvgIpc) is 2.46. The van der Waals surface area contributed by atoms with E-state index in [0.29, 0.717) is 32.5 Å². The summed E-state index contributed by atoms with van der Waals surface area (Å²) >= 11 is 12.2. The van der Waals surface area contributed by atoms with Crippen molar-refractivity contribution in [2.45, 2.75) is 13.0 Å². The normalized spacial score (nSPS) is 12.5. The number of halogens is 2. The summed E-state index contributed by atoms with van der Waals surface area (Å²) < 4.78 is 1.46. The van der Waals surface area contributed by atoms with Crippen LogP contribution in [0.5, 0.6) is 0 Å². The molecule has 1 aromatic heterocycles. The summed E-state index contributed by atoms with van der Waals surface area (Å²) in [6.45, 7) is 1.78. The van der Waals surface area contributed by atoms with Gasteiger partial charge in [0.25, 0.3) is 5.56 Å². The SMILES string of the molecule is CC(N)c1nc2cccc(Cl)c2c(=O)n1-c1cccc(Cl)c1. The fraction of sp³-hybridized carbons (Fsp3) is 0.125. The van der Waals surface area contributed by atoms with E-state index >= 15 is 0 Å². The second-order valence-electron chi connectivity index (χ2n) is 5.01. The van der Waals surface area contributed by atoms with Crippen LogP contribution in [0.25, 0.3) is 16.6 Å². The summed E-state index contributed by atoms with van der Waals surface area (Å²) in [6, 6.07) is 11.7. The molecule has 6 heteroatoms. The second-order valence-corrected chi connectivity index (χ2v) is 5.86. The molecule has 1 atom stereocenters. The van der Waals surface area contributed by atoms with Gasteiger partial charge in [-0.05, 0) is 37.3 Å². The summed E-state index contributed by atoms with van der Waals surface area (Å²) in [6.07, 6.45) is 0. The topological polar surface area (TPSA) is 60.9 Å². The summed E-state index contributed by atoms with van der Waals surface area (Å²) in [5.41, 5.74) is 6.88. The van der Waals surface area contributed by atoms with Crippen LogP contribution >= 0.6 is 23.2 Å². The summed E-state index contributed by atoms with van der Waals surface area (Å²) in [7, 11) is 0. The van der Waals surface area contributed by atoms with Gasteiger partial charge in [-0.1, -0.05) is 35.3 Å². The molecule has 2 N–H and O–H groups in total. The van der Waals surface area contributed by atoms with E-state index in [2.05, 4.69) is 4.98 Å². The molecule has 0 spiro atoms. The van der Waals surface area contributed by atoms with Gasteiger partial charge in [0, 0.05) is 5.02 Å². The molecular formula is C16H13Cl2N3O. The predicted molar refractivity (Wildman–Crippen MR) is 90.0 cm³/mol. The Hall–Kier alpha value is -1.88. The van der Waals surface area contributed by atoms with Crippen molar-refractivity contribution in [3.05, 3.63) is 68.7 Å². The first kappa shape index (κ1) is 15.0. The number of benzene rings is 2. The fourth-order valence-electron chi connectivity index (χ4n) is 2.38. The number of hydrogen-bond donors (Lipinski definition) is 1. The van der Waals surface area contributed by atoms with E-state index in [4.69, 9.17) is 28.9 Å². The first-order valence-electron chi connectivity index (χ1n) is 6.71. The highest BCUT2D eigenvalue weighted by Crippen LogP contribution is 2.23. The number of rotatable bonds is 2. The maximum absolute atomic E-state index is 12.9. The van der Waals surface area contributed by atoms with Crippen molar-refractivity contribution >= 4 is 34.1 Å². The van der Waals surface area contributed by atoms with Gasteiger partial charge in [0.1, 0.15) is 5.82 Å². The molecule has 0 aliphatic carbocycles. The van der Waals surface area contributed by atoms with E-state index in [-0.39, 0.29) is 5.56 Å². The highest BCUT2D eigenvalue weighted by Gasteiger charge is 2.17. The van der Waals surface area contributed by atoms with Crippen LogP contribution in [0, 0.1) is 0 Å². The minimum atomic E-state index is -0.421. The Kier molecular flexibility index (Phi) is 3.91. The van der Waals surface area contributed by atoms with E-state index in [9.17, 15) is 4.79 Å². The Morgan fingerprint density at radius 1 is 1.18 bits per heavy atom. The van der Waals surface area contributed by atoms with Crippen molar-refractivity contribution < 1.29 is 0 Å². The minimum Gasteiger partial charge on any atom is -0.322 e. The van der Waals surface area contributed by atoms with Crippen molar-refractivity contribution in [1.29, 1.82) is 0 Å². The first-order chi connectivity index (χ1) is 10.5. The average molecular weight is 334 g/mol. The summed E-state index contributed by atoms with van der Waals surface area (Å²) in [5, 5.41) is 1.26. The van der Waals surface area contributed by atoms with E-state index in [0.717, 1.165) is 0 Å². The third-order valence-electron chi connectivity index (χ3n) is 3.35. The lowest BCUT2D eigenvalue weighted by molar-refractivity contribution is 0.696. The Morgan fingerprint density at radius 2 is 1.91 bits per heavy atom. The lowest BCUT2D eigenvalue weighted by Gasteiger charge is -2.16. The molecule has 4 nitrogen and oxygen atoms in total. The molecule has 0 aliphatic rings. The van der Waals surface area contributed by atoms with Crippen LogP contribution in [0.1, 0.15) is 18.8 Å². The van der Waals surface area contributed by atoms with Gasteiger partial charge < -0.3 is 5.73 Å². The van der Waals surface area contributed by atoms with Crippen molar-refractivity contribution in [3.8, 4) is 5.69 Å². The van der Waals surface area contributed by atoms with Crippen molar-refractivity contribution in [2.75, 3.05) is 0 Å². The molecule has 22 heavy (non-hydrogen) atoms. The van der Waals surface area contributed by atoms with Gasteiger partial charge in [-0.15, -0.1) is 0 Å². The van der Waals surface area contributed by atoms with Crippen LogP contribution in [-0.4, -0.2) is 9.55 Å². The number of nitrogens with two attached hydrogens (primary N) is 1. The monoisotopic (exact) mass is 333 g/mol. The molecule has 0 radical (unpaired) electrons. The van der Waals surface area contributed by atoms with Crippen LogP contribution in [0.4, 0.5) is 0 Å². The molecular weight excluding hydrogens is 321 g/mol. The second kappa shape index (κ2) is 5.72. The van der Waals surface area contributed by atoms with Crippen LogP contribution < -0.4 is 11.3 Å². The lowest BCUT2D eigenvalue weighted by Crippen LogP contribution is -2.27. The maximum atomic E-state index is 12.9. The first-order valence-corrected chi connectivity index (χ1v) is 7.47. The van der Waals surface area contributed by atoms with Crippen molar-refractivity contribution in [1.82, 2.24) is 9.55 Å².